The molecule has 0 aromatic heterocycles. The highest BCUT2D eigenvalue weighted by molar-refractivity contribution is 6.02. The third-order valence-corrected chi connectivity index (χ3v) is 8.34. The minimum atomic E-state index is -0.393. The normalized spacial score (nSPS) is 34.7. The molecule has 2 aliphatic heterocycles. The van der Waals surface area contributed by atoms with Crippen LogP contribution in [0.2, 0.25) is 0 Å². The van der Waals surface area contributed by atoms with Crippen LogP contribution in [0.25, 0.3) is 0 Å². The summed E-state index contributed by atoms with van der Waals surface area (Å²) in [6.07, 6.45) is 8.81. The number of para-hydroxylation sites is 1. The van der Waals surface area contributed by atoms with Crippen LogP contribution in [0.15, 0.2) is 24.3 Å². The van der Waals surface area contributed by atoms with Crippen molar-refractivity contribution in [3.8, 4) is 0 Å². The van der Waals surface area contributed by atoms with Gasteiger partial charge < -0.3 is 20.9 Å². The van der Waals surface area contributed by atoms with Crippen molar-refractivity contribution in [1.29, 1.82) is 0 Å². The average Bonchev–Trinajstić information content (AvgIpc) is 2.78. The van der Waals surface area contributed by atoms with E-state index in [4.69, 9.17) is 0 Å². The van der Waals surface area contributed by atoms with Gasteiger partial charge in [0, 0.05) is 36.7 Å². The Kier molecular flexibility index (Phi) is 5.67. The maximum Gasteiger partial charge on any atom is 0.255 e. The molecular formula is C25H36N4O2. The Balaban J connectivity index is 1.16. The highest BCUT2D eigenvalue weighted by Crippen LogP contribution is 2.51. The number of fused-ring (bicyclic) bond motifs is 3. The summed E-state index contributed by atoms with van der Waals surface area (Å²) in [5, 5.41) is 10.2. The van der Waals surface area contributed by atoms with Crippen molar-refractivity contribution >= 4 is 17.5 Å². The molecule has 3 saturated carbocycles. The third-order valence-electron chi connectivity index (χ3n) is 8.34. The number of benzene rings is 1. The van der Waals surface area contributed by atoms with Gasteiger partial charge in [0.15, 0.2) is 0 Å². The molecule has 6 nitrogen and oxygen atoms in total. The van der Waals surface area contributed by atoms with Gasteiger partial charge in [-0.05, 0) is 76.5 Å². The molecule has 6 heteroatoms. The second-order valence-corrected chi connectivity index (χ2v) is 10.2. The van der Waals surface area contributed by atoms with E-state index in [1.54, 1.807) is 0 Å². The van der Waals surface area contributed by atoms with Gasteiger partial charge in [-0.1, -0.05) is 18.6 Å². The van der Waals surface area contributed by atoms with Crippen LogP contribution in [-0.2, 0) is 4.79 Å². The summed E-state index contributed by atoms with van der Waals surface area (Å²) in [5.74, 6) is 0.924. The fourth-order valence-corrected chi connectivity index (χ4v) is 6.58. The first kappa shape index (κ1) is 20.8. The molecule has 5 atom stereocenters. The van der Waals surface area contributed by atoms with Gasteiger partial charge in [-0.15, -0.1) is 0 Å². The molecule has 168 valence electrons. The molecule has 1 spiro atoms. The summed E-state index contributed by atoms with van der Waals surface area (Å²) < 4.78 is 0. The number of piperidine rings is 1. The summed E-state index contributed by atoms with van der Waals surface area (Å²) in [6.45, 7) is 5.37. The molecule has 6 rings (SSSR count). The Hall–Kier alpha value is -2.08. The van der Waals surface area contributed by atoms with E-state index in [0.717, 1.165) is 50.9 Å². The standard InChI is InChI=1S/C25H36N4O2/c1-17-7-4-5-13-29(17)14-6-12-26-23(30)21-15-19-11-10-18(21)16-25(19)27-22-9-3-2-8-20(22)24(31)28-25/h2-3,8-9,17-19,21,27H,4-7,10-16H2,1H3,(H,26,30)(H,28,31)/t17-,18+,19-,21-,25-/m1/s1. The fraction of sp³-hybridized carbons (Fsp3) is 0.680. The molecule has 3 aliphatic carbocycles. The lowest BCUT2D eigenvalue weighted by atomic mass is 9.58. The van der Waals surface area contributed by atoms with Crippen molar-refractivity contribution in [3.63, 3.8) is 0 Å². The van der Waals surface area contributed by atoms with E-state index in [-0.39, 0.29) is 17.7 Å². The summed E-state index contributed by atoms with van der Waals surface area (Å²) >= 11 is 0. The van der Waals surface area contributed by atoms with Crippen LogP contribution in [0.3, 0.4) is 0 Å². The monoisotopic (exact) mass is 424 g/mol. The third kappa shape index (κ3) is 3.95. The lowest BCUT2D eigenvalue weighted by Crippen LogP contribution is -2.68. The maximum atomic E-state index is 13.0. The highest BCUT2D eigenvalue weighted by atomic mass is 16.2. The second kappa shape index (κ2) is 8.45. The number of anilines is 1. The van der Waals surface area contributed by atoms with Gasteiger partial charge in [-0.3, -0.25) is 9.59 Å². The number of rotatable bonds is 5. The molecule has 2 bridgehead atoms. The van der Waals surface area contributed by atoms with E-state index in [9.17, 15) is 9.59 Å². The fourth-order valence-electron chi connectivity index (χ4n) is 6.58. The van der Waals surface area contributed by atoms with E-state index in [1.807, 2.05) is 24.3 Å². The van der Waals surface area contributed by atoms with Crippen LogP contribution in [0.5, 0.6) is 0 Å². The first-order chi connectivity index (χ1) is 15.1. The quantitative estimate of drug-likeness (QED) is 0.634. The van der Waals surface area contributed by atoms with Crippen molar-refractivity contribution in [2.24, 2.45) is 17.8 Å². The summed E-state index contributed by atoms with van der Waals surface area (Å²) in [7, 11) is 0. The highest BCUT2D eigenvalue weighted by Gasteiger charge is 2.55. The molecular weight excluding hydrogens is 388 g/mol. The van der Waals surface area contributed by atoms with Gasteiger partial charge in [0.1, 0.15) is 5.66 Å². The lowest BCUT2D eigenvalue weighted by Gasteiger charge is -2.56. The molecule has 1 saturated heterocycles. The van der Waals surface area contributed by atoms with E-state index >= 15 is 0 Å². The van der Waals surface area contributed by atoms with Crippen molar-refractivity contribution in [3.05, 3.63) is 29.8 Å². The number of amides is 2. The van der Waals surface area contributed by atoms with Gasteiger partial charge in [0.05, 0.1) is 5.56 Å². The topological polar surface area (TPSA) is 73.5 Å². The predicted octanol–water partition coefficient (Wildman–Crippen LogP) is 3.36. The Morgan fingerprint density at radius 3 is 2.87 bits per heavy atom. The number of nitrogens with one attached hydrogen (secondary N) is 3. The van der Waals surface area contributed by atoms with Gasteiger partial charge in [0.2, 0.25) is 5.91 Å². The zero-order valence-electron chi connectivity index (χ0n) is 18.7. The largest absolute Gasteiger partial charge is 0.362 e. The molecule has 0 unspecified atom stereocenters. The van der Waals surface area contributed by atoms with Crippen molar-refractivity contribution in [1.82, 2.24) is 15.5 Å². The molecule has 2 amide bonds. The van der Waals surface area contributed by atoms with Crippen LogP contribution in [0.4, 0.5) is 5.69 Å². The number of carbonyl (C=O) groups is 2. The van der Waals surface area contributed by atoms with Crippen LogP contribution in [0, 0.1) is 17.8 Å². The summed E-state index contributed by atoms with van der Waals surface area (Å²) in [4.78, 5) is 28.3. The van der Waals surface area contributed by atoms with E-state index in [0.29, 0.717) is 23.4 Å². The second-order valence-electron chi connectivity index (χ2n) is 10.2. The summed E-state index contributed by atoms with van der Waals surface area (Å²) in [5.41, 5.74) is 1.24. The minimum Gasteiger partial charge on any atom is -0.362 e. The zero-order valence-corrected chi connectivity index (χ0v) is 18.7. The molecule has 0 radical (unpaired) electrons. The molecule has 1 aromatic carbocycles. The Morgan fingerprint density at radius 1 is 1.19 bits per heavy atom. The minimum absolute atomic E-state index is 0.00911. The van der Waals surface area contributed by atoms with Gasteiger partial charge in [0.25, 0.3) is 5.91 Å². The first-order valence-electron chi connectivity index (χ1n) is 12.3. The molecule has 2 heterocycles. The molecule has 3 N–H and O–H groups in total. The Morgan fingerprint density at radius 2 is 2.06 bits per heavy atom. The van der Waals surface area contributed by atoms with Crippen LogP contribution in [-0.4, -0.2) is 48.1 Å². The molecule has 1 aromatic rings. The smallest absolute Gasteiger partial charge is 0.255 e. The van der Waals surface area contributed by atoms with Crippen molar-refractivity contribution < 1.29 is 9.59 Å². The number of hydrogen-bond acceptors (Lipinski definition) is 4. The lowest BCUT2D eigenvalue weighted by molar-refractivity contribution is -0.132. The molecule has 5 aliphatic rings. The van der Waals surface area contributed by atoms with Gasteiger partial charge in [-0.2, -0.15) is 0 Å². The van der Waals surface area contributed by atoms with Crippen LogP contribution >= 0.6 is 0 Å². The van der Waals surface area contributed by atoms with Gasteiger partial charge >= 0.3 is 0 Å². The Labute approximate surface area is 185 Å². The van der Waals surface area contributed by atoms with Crippen molar-refractivity contribution in [2.45, 2.75) is 70.0 Å². The Bertz CT molecular complexity index is 843. The van der Waals surface area contributed by atoms with Gasteiger partial charge in [-0.25, -0.2) is 0 Å². The summed E-state index contributed by atoms with van der Waals surface area (Å²) in [6, 6.07) is 8.41. The first-order valence-corrected chi connectivity index (χ1v) is 12.3. The van der Waals surface area contributed by atoms with Crippen molar-refractivity contribution in [2.75, 3.05) is 25.0 Å². The number of likely N-dealkylation sites (tertiary alicyclic amines) is 1. The van der Waals surface area contributed by atoms with Crippen LogP contribution < -0.4 is 16.0 Å². The van der Waals surface area contributed by atoms with Crippen LogP contribution in [0.1, 0.15) is 68.6 Å². The number of carbonyl (C=O) groups excluding carboxylic acids is 2. The average molecular weight is 425 g/mol. The molecule has 4 fully saturated rings. The molecule has 31 heavy (non-hydrogen) atoms. The van der Waals surface area contributed by atoms with E-state index < -0.39 is 5.66 Å². The number of nitrogens with zero attached hydrogens (tertiary/aromatic N) is 1. The van der Waals surface area contributed by atoms with E-state index in [1.165, 1.54) is 25.8 Å². The zero-order chi connectivity index (χ0) is 21.4. The number of hydrogen-bond donors (Lipinski definition) is 3. The predicted molar refractivity (Wildman–Crippen MR) is 122 cm³/mol. The SMILES string of the molecule is C[C@@H]1CCCCN1CCCNC(=O)[C@@H]1C[C@H]2CC[C@H]1C[C@@]21NC(=O)c2ccccc2N1. The van der Waals surface area contributed by atoms with E-state index in [2.05, 4.69) is 27.8 Å². The maximum absolute atomic E-state index is 13.0.